The third-order valence-corrected chi connectivity index (χ3v) is 5.12. The number of rotatable bonds is 6. The smallest absolute Gasteiger partial charge is 0.336 e. The molecule has 2 rings (SSSR count). The van der Waals surface area contributed by atoms with Crippen LogP contribution >= 0.6 is 0 Å². The molecule has 0 fully saturated rings. The molecule has 0 amide bonds. The Hall–Kier alpha value is -1.70. The predicted molar refractivity (Wildman–Crippen MR) is 78.6 cm³/mol. The molecule has 1 aromatic heterocycles. The highest BCUT2D eigenvalue weighted by molar-refractivity contribution is 7.89. The van der Waals surface area contributed by atoms with Crippen LogP contribution in [0, 0.1) is 0 Å². The summed E-state index contributed by atoms with van der Waals surface area (Å²) < 4.78 is 31.4. The van der Waals surface area contributed by atoms with Crippen molar-refractivity contribution in [1.82, 2.24) is 4.31 Å². The fraction of sp³-hybridized carbons (Fsp3) is 0.357. The summed E-state index contributed by atoms with van der Waals surface area (Å²) in [5.41, 5.74) is -0.129. The number of aliphatic hydroxyl groups excluding tert-OH is 1. The van der Waals surface area contributed by atoms with Gasteiger partial charge in [0.1, 0.15) is 5.58 Å². The molecule has 7 heteroatoms. The Balaban J connectivity index is 2.43. The predicted octanol–water partition coefficient (Wildman–Crippen LogP) is 1.19. The molecule has 1 heterocycles. The molecule has 0 saturated heterocycles. The van der Waals surface area contributed by atoms with Crippen LogP contribution in [-0.2, 0) is 10.0 Å². The first-order valence-corrected chi connectivity index (χ1v) is 8.08. The molecule has 0 aliphatic rings. The SMILES string of the molecule is CCN(CCCO)S(=O)(=O)c1ccc2oc(=O)ccc2c1. The minimum atomic E-state index is -3.62. The molecule has 0 aliphatic heterocycles. The Bertz CT molecular complexity index is 781. The van der Waals surface area contributed by atoms with Crippen LogP contribution < -0.4 is 5.63 Å². The fourth-order valence-electron chi connectivity index (χ4n) is 2.05. The van der Waals surface area contributed by atoms with Gasteiger partial charge in [-0.25, -0.2) is 13.2 Å². The van der Waals surface area contributed by atoms with Crippen LogP contribution in [0.1, 0.15) is 13.3 Å². The lowest BCUT2D eigenvalue weighted by Crippen LogP contribution is -2.32. The van der Waals surface area contributed by atoms with E-state index in [4.69, 9.17) is 9.52 Å². The first-order valence-electron chi connectivity index (χ1n) is 6.64. The largest absolute Gasteiger partial charge is 0.423 e. The van der Waals surface area contributed by atoms with E-state index in [9.17, 15) is 13.2 Å². The normalized spacial score (nSPS) is 12.1. The number of nitrogens with zero attached hydrogens (tertiary/aromatic N) is 1. The molecular formula is C14H17NO5S. The summed E-state index contributed by atoms with van der Waals surface area (Å²) in [6, 6.07) is 7.16. The van der Waals surface area contributed by atoms with E-state index in [2.05, 4.69) is 0 Å². The quantitative estimate of drug-likeness (QED) is 0.810. The Morgan fingerprint density at radius 3 is 2.67 bits per heavy atom. The maximum Gasteiger partial charge on any atom is 0.336 e. The molecule has 0 saturated carbocycles. The lowest BCUT2D eigenvalue weighted by Gasteiger charge is -2.20. The van der Waals surface area contributed by atoms with Gasteiger partial charge >= 0.3 is 5.63 Å². The Kier molecular flexibility index (Phi) is 4.76. The second-order valence-electron chi connectivity index (χ2n) is 4.53. The van der Waals surface area contributed by atoms with Crippen LogP contribution in [0.4, 0.5) is 0 Å². The summed E-state index contributed by atoms with van der Waals surface area (Å²) in [6.07, 6.45) is 0.384. The molecular weight excluding hydrogens is 294 g/mol. The van der Waals surface area contributed by atoms with Gasteiger partial charge in [0.05, 0.1) is 4.90 Å². The molecule has 114 valence electrons. The summed E-state index contributed by atoms with van der Waals surface area (Å²) >= 11 is 0. The second-order valence-corrected chi connectivity index (χ2v) is 6.47. The van der Waals surface area contributed by atoms with Crippen molar-refractivity contribution in [3.63, 3.8) is 0 Å². The van der Waals surface area contributed by atoms with Crippen molar-refractivity contribution >= 4 is 21.0 Å². The van der Waals surface area contributed by atoms with Crippen LogP contribution in [0.3, 0.4) is 0 Å². The van der Waals surface area contributed by atoms with Crippen LogP contribution in [0.25, 0.3) is 11.0 Å². The van der Waals surface area contributed by atoms with E-state index in [1.165, 1.54) is 34.6 Å². The summed E-state index contributed by atoms with van der Waals surface area (Å²) in [5, 5.41) is 9.40. The average Bonchev–Trinajstić information content (AvgIpc) is 2.47. The second kappa shape index (κ2) is 6.38. The highest BCUT2D eigenvalue weighted by Gasteiger charge is 2.22. The van der Waals surface area contributed by atoms with Crippen molar-refractivity contribution in [2.45, 2.75) is 18.2 Å². The molecule has 0 aliphatic carbocycles. The zero-order valence-electron chi connectivity index (χ0n) is 11.7. The number of benzene rings is 1. The zero-order chi connectivity index (χ0) is 15.5. The molecule has 0 bridgehead atoms. The number of fused-ring (bicyclic) bond motifs is 1. The monoisotopic (exact) mass is 311 g/mol. The molecule has 0 unspecified atom stereocenters. The number of hydrogen-bond acceptors (Lipinski definition) is 5. The van der Waals surface area contributed by atoms with Crippen molar-refractivity contribution in [2.75, 3.05) is 19.7 Å². The summed E-state index contributed by atoms with van der Waals surface area (Å²) in [6.45, 7) is 2.27. The Morgan fingerprint density at radius 2 is 2.00 bits per heavy atom. The minimum absolute atomic E-state index is 0.0606. The molecule has 6 nitrogen and oxygen atoms in total. The maximum absolute atomic E-state index is 12.5. The van der Waals surface area contributed by atoms with Crippen LogP contribution in [0.2, 0.25) is 0 Å². The topological polar surface area (TPSA) is 87.8 Å². The van der Waals surface area contributed by atoms with Gasteiger partial charge in [0.2, 0.25) is 10.0 Å². The third kappa shape index (κ3) is 3.31. The van der Waals surface area contributed by atoms with Crippen LogP contribution in [0.15, 0.2) is 44.4 Å². The first-order chi connectivity index (χ1) is 9.98. The molecule has 0 spiro atoms. The van der Waals surface area contributed by atoms with E-state index in [1.54, 1.807) is 6.92 Å². The van der Waals surface area contributed by atoms with E-state index in [0.29, 0.717) is 23.9 Å². The van der Waals surface area contributed by atoms with E-state index >= 15 is 0 Å². The van der Waals surface area contributed by atoms with Gasteiger partial charge in [0, 0.05) is 31.1 Å². The van der Waals surface area contributed by atoms with Crippen molar-refractivity contribution in [3.8, 4) is 0 Å². The molecule has 0 radical (unpaired) electrons. The van der Waals surface area contributed by atoms with Gasteiger partial charge in [-0.1, -0.05) is 6.92 Å². The van der Waals surface area contributed by atoms with Gasteiger partial charge in [0.15, 0.2) is 0 Å². The van der Waals surface area contributed by atoms with Gasteiger partial charge < -0.3 is 9.52 Å². The highest BCUT2D eigenvalue weighted by atomic mass is 32.2. The van der Waals surface area contributed by atoms with Crippen molar-refractivity contribution < 1.29 is 17.9 Å². The maximum atomic E-state index is 12.5. The standard InChI is InChI=1S/C14H17NO5S/c1-2-15(8-3-9-16)21(18,19)12-5-6-13-11(10-12)4-7-14(17)20-13/h4-7,10,16H,2-3,8-9H2,1H3. The van der Waals surface area contributed by atoms with Gasteiger partial charge in [-0.2, -0.15) is 4.31 Å². The van der Waals surface area contributed by atoms with E-state index in [-0.39, 0.29) is 18.0 Å². The van der Waals surface area contributed by atoms with Crippen LogP contribution in [0.5, 0.6) is 0 Å². The van der Waals surface area contributed by atoms with Crippen molar-refractivity contribution in [1.29, 1.82) is 0 Å². The van der Waals surface area contributed by atoms with E-state index < -0.39 is 15.6 Å². The van der Waals surface area contributed by atoms with Gasteiger partial charge in [0.25, 0.3) is 0 Å². The summed E-state index contributed by atoms with van der Waals surface area (Å²) in [4.78, 5) is 11.3. The van der Waals surface area contributed by atoms with Gasteiger partial charge in [-0.05, 0) is 30.7 Å². The third-order valence-electron chi connectivity index (χ3n) is 3.15. The van der Waals surface area contributed by atoms with Crippen molar-refractivity contribution in [3.05, 3.63) is 40.8 Å². The molecule has 1 aromatic carbocycles. The van der Waals surface area contributed by atoms with Crippen molar-refractivity contribution in [2.24, 2.45) is 0 Å². The fourth-order valence-corrected chi connectivity index (χ4v) is 3.58. The Labute approximate surface area is 122 Å². The average molecular weight is 311 g/mol. The minimum Gasteiger partial charge on any atom is -0.423 e. The van der Waals surface area contributed by atoms with Gasteiger partial charge in [-0.15, -0.1) is 0 Å². The summed E-state index contributed by atoms with van der Waals surface area (Å²) in [7, 11) is -3.62. The van der Waals surface area contributed by atoms with Crippen LogP contribution in [-0.4, -0.2) is 37.5 Å². The van der Waals surface area contributed by atoms with E-state index in [1.807, 2.05) is 0 Å². The van der Waals surface area contributed by atoms with Gasteiger partial charge in [-0.3, -0.25) is 0 Å². The lowest BCUT2D eigenvalue weighted by molar-refractivity contribution is 0.271. The highest BCUT2D eigenvalue weighted by Crippen LogP contribution is 2.21. The number of sulfonamides is 1. The van der Waals surface area contributed by atoms with E-state index in [0.717, 1.165) is 0 Å². The molecule has 0 atom stereocenters. The molecule has 1 N–H and O–H groups in total. The zero-order valence-corrected chi connectivity index (χ0v) is 12.5. The molecule has 21 heavy (non-hydrogen) atoms. The number of hydrogen-bond donors (Lipinski definition) is 1. The first kappa shape index (κ1) is 15.7. The lowest BCUT2D eigenvalue weighted by atomic mass is 10.2. The summed E-state index contributed by atoms with van der Waals surface area (Å²) in [5.74, 6) is 0. The Morgan fingerprint density at radius 1 is 1.24 bits per heavy atom. The number of aliphatic hydroxyl groups is 1. The molecule has 2 aromatic rings.